The predicted octanol–water partition coefficient (Wildman–Crippen LogP) is 4.31. The second kappa shape index (κ2) is 10.3. The lowest BCUT2D eigenvalue weighted by atomic mass is 9.90. The molecule has 1 N–H and O–H groups in total. The van der Waals surface area contributed by atoms with Crippen LogP contribution in [0.15, 0.2) is 48.5 Å². The Morgan fingerprint density at radius 3 is 2.39 bits per heavy atom. The first-order chi connectivity index (χ1) is 16.0. The van der Waals surface area contributed by atoms with Crippen molar-refractivity contribution in [3.05, 3.63) is 59.7 Å². The number of ether oxygens (including phenoxy) is 2. The summed E-state index contributed by atoms with van der Waals surface area (Å²) in [6.45, 7) is 1.28. The molecule has 0 atom stereocenters. The van der Waals surface area contributed by atoms with Crippen molar-refractivity contribution in [3.8, 4) is 11.5 Å². The zero-order valence-corrected chi connectivity index (χ0v) is 19.5. The molecule has 2 aromatic carbocycles. The number of hydrogen-bond acceptors (Lipinski definition) is 5. The van der Waals surface area contributed by atoms with Gasteiger partial charge in [-0.05, 0) is 43.1 Å². The number of methoxy groups -OCH3 is 1. The maximum absolute atomic E-state index is 13.1. The molecule has 176 valence electrons. The highest BCUT2D eigenvalue weighted by molar-refractivity contribution is 6.07. The Morgan fingerprint density at radius 1 is 0.970 bits per heavy atom. The molecule has 1 saturated carbocycles. The fourth-order valence-electron chi connectivity index (χ4n) is 4.74. The second-order valence-corrected chi connectivity index (χ2v) is 9.07. The topological polar surface area (TPSA) is 71.1 Å². The molecular formula is C26H33N3O4. The Bertz CT molecular complexity index is 971. The van der Waals surface area contributed by atoms with Crippen molar-refractivity contribution in [1.29, 1.82) is 0 Å². The Balaban J connectivity index is 1.37. The maximum Gasteiger partial charge on any atom is 0.326 e. The van der Waals surface area contributed by atoms with E-state index >= 15 is 0 Å². The van der Waals surface area contributed by atoms with E-state index in [9.17, 15) is 9.59 Å². The standard InChI is InChI=1S/C26H33N3O4/c1-28(19-29-24(30)26(27-25(29)31)14-8-3-4-9-15-26)17-21-12-13-22(23(16-21)32-2)33-18-20-10-6-5-7-11-20/h5-7,10-13,16H,3-4,8-9,14-15,17-19H2,1-2H3,(H,27,31). The number of imide groups is 1. The molecule has 1 heterocycles. The number of urea groups is 1. The third kappa shape index (κ3) is 5.30. The number of benzene rings is 2. The minimum atomic E-state index is -0.699. The van der Waals surface area contributed by atoms with Crippen LogP contribution in [0.2, 0.25) is 0 Å². The van der Waals surface area contributed by atoms with Gasteiger partial charge in [-0.3, -0.25) is 9.69 Å². The van der Waals surface area contributed by atoms with Gasteiger partial charge in [-0.1, -0.05) is 62.1 Å². The summed E-state index contributed by atoms with van der Waals surface area (Å²) in [5, 5.41) is 3.01. The molecule has 4 rings (SSSR count). The lowest BCUT2D eigenvalue weighted by Crippen LogP contribution is -2.47. The molecule has 3 amide bonds. The van der Waals surface area contributed by atoms with E-state index in [1.807, 2.05) is 60.5 Å². The van der Waals surface area contributed by atoms with Crippen LogP contribution in [0.3, 0.4) is 0 Å². The maximum atomic E-state index is 13.1. The van der Waals surface area contributed by atoms with Crippen molar-refractivity contribution < 1.29 is 19.1 Å². The summed E-state index contributed by atoms with van der Waals surface area (Å²) in [6, 6.07) is 15.5. The minimum absolute atomic E-state index is 0.0801. The normalized spacial score (nSPS) is 17.8. The molecule has 1 aliphatic heterocycles. The van der Waals surface area contributed by atoms with Gasteiger partial charge in [0.1, 0.15) is 12.1 Å². The molecule has 1 spiro atoms. The van der Waals surface area contributed by atoms with Gasteiger partial charge in [0.05, 0.1) is 13.8 Å². The Hall–Kier alpha value is -3.06. The van der Waals surface area contributed by atoms with Crippen LogP contribution in [0, 0.1) is 0 Å². The van der Waals surface area contributed by atoms with E-state index in [1.54, 1.807) is 7.11 Å². The van der Waals surface area contributed by atoms with E-state index in [0.717, 1.165) is 49.7 Å². The molecule has 1 saturated heterocycles. The third-order valence-electron chi connectivity index (χ3n) is 6.50. The van der Waals surface area contributed by atoms with E-state index in [2.05, 4.69) is 5.32 Å². The van der Waals surface area contributed by atoms with Gasteiger partial charge in [0.15, 0.2) is 11.5 Å². The van der Waals surface area contributed by atoms with Gasteiger partial charge in [0.25, 0.3) is 5.91 Å². The molecule has 0 aromatic heterocycles. The molecule has 0 radical (unpaired) electrons. The van der Waals surface area contributed by atoms with Gasteiger partial charge in [0, 0.05) is 6.54 Å². The summed E-state index contributed by atoms with van der Waals surface area (Å²) in [7, 11) is 3.53. The molecule has 33 heavy (non-hydrogen) atoms. The van der Waals surface area contributed by atoms with E-state index in [0.29, 0.717) is 24.7 Å². The smallest absolute Gasteiger partial charge is 0.326 e. The van der Waals surface area contributed by atoms with Crippen LogP contribution >= 0.6 is 0 Å². The Morgan fingerprint density at radius 2 is 1.70 bits per heavy atom. The Kier molecular flexibility index (Phi) is 7.18. The summed E-state index contributed by atoms with van der Waals surface area (Å²) in [5.74, 6) is 1.25. The van der Waals surface area contributed by atoms with Crippen LogP contribution in [0.5, 0.6) is 11.5 Å². The molecule has 2 aromatic rings. The molecule has 2 aliphatic rings. The van der Waals surface area contributed by atoms with Crippen LogP contribution in [-0.2, 0) is 17.9 Å². The van der Waals surface area contributed by atoms with Crippen molar-refractivity contribution in [2.75, 3.05) is 20.8 Å². The van der Waals surface area contributed by atoms with E-state index < -0.39 is 5.54 Å². The van der Waals surface area contributed by atoms with E-state index in [4.69, 9.17) is 9.47 Å². The van der Waals surface area contributed by atoms with Gasteiger partial charge in [-0.25, -0.2) is 9.69 Å². The number of carbonyl (C=O) groups excluding carboxylic acids is 2. The highest BCUT2D eigenvalue weighted by atomic mass is 16.5. The number of amides is 3. The highest BCUT2D eigenvalue weighted by Gasteiger charge is 2.50. The van der Waals surface area contributed by atoms with Crippen molar-refractivity contribution >= 4 is 11.9 Å². The number of nitrogens with one attached hydrogen (secondary N) is 1. The summed E-state index contributed by atoms with van der Waals surface area (Å²) < 4.78 is 11.5. The number of carbonyl (C=O) groups is 2. The average molecular weight is 452 g/mol. The zero-order chi connectivity index (χ0) is 23.3. The zero-order valence-electron chi connectivity index (χ0n) is 19.5. The average Bonchev–Trinajstić information content (AvgIpc) is 2.98. The third-order valence-corrected chi connectivity index (χ3v) is 6.50. The largest absolute Gasteiger partial charge is 0.493 e. The van der Waals surface area contributed by atoms with Crippen molar-refractivity contribution in [2.24, 2.45) is 0 Å². The van der Waals surface area contributed by atoms with E-state index in [-0.39, 0.29) is 18.6 Å². The van der Waals surface area contributed by atoms with Crippen LogP contribution < -0.4 is 14.8 Å². The van der Waals surface area contributed by atoms with Crippen molar-refractivity contribution in [1.82, 2.24) is 15.1 Å². The first-order valence-corrected chi connectivity index (χ1v) is 11.7. The molecule has 0 bridgehead atoms. The second-order valence-electron chi connectivity index (χ2n) is 9.07. The Labute approximate surface area is 195 Å². The highest BCUT2D eigenvalue weighted by Crippen LogP contribution is 2.33. The summed E-state index contributed by atoms with van der Waals surface area (Å²) in [6.07, 6.45) is 5.68. The van der Waals surface area contributed by atoms with E-state index in [1.165, 1.54) is 4.90 Å². The summed E-state index contributed by atoms with van der Waals surface area (Å²) in [4.78, 5) is 29.1. The number of rotatable bonds is 8. The van der Waals surface area contributed by atoms with Gasteiger partial charge < -0.3 is 14.8 Å². The molecular weight excluding hydrogens is 418 g/mol. The minimum Gasteiger partial charge on any atom is -0.493 e. The first kappa shape index (κ1) is 23.1. The molecule has 1 aliphatic carbocycles. The molecule has 0 unspecified atom stereocenters. The molecule has 2 fully saturated rings. The van der Waals surface area contributed by atoms with Gasteiger partial charge in [-0.2, -0.15) is 0 Å². The first-order valence-electron chi connectivity index (χ1n) is 11.7. The lowest BCUT2D eigenvalue weighted by Gasteiger charge is -2.26. The quantitative estimate of drug-likeness (QED) is 0.606. The van der Waals surface area contributed by atoms with Crippen LogP contribution in [-0.4, -0.2) is 48.1 Å². The lowest BCUT2D eigenvalue weighted by molar-refractivity contribution is -0.133. The van der Waals surface area contributed by atoms with Crippen molar-refractivity contribution in [3.63, 3.8) is 0 Å². The summed E-state index contributed by atoms with van der Waals surface area (Å²) >= 11 is 0. The van der Waals surface area contributed by atoms with Crippen LogP contribution in [0.4, 0.5) is 4.79 Å². The molecule has 7 heteroatoms. The number of hydrogen-bond donors (Lipinski definition) is 1. The predicted molar refractivity (Wildman–Crippen MR) is 126 cm³/mol. The van der Waals surface area contributed by atoms with Gasteiger partial charge >= 0.3 is 6.03 Å². The van der Waals surface area contributed by atoms with Crippen molar-refractivity contribution in [2.45, 2.75) is 57.2 Å². The molecule has 7 nitrogen and oxygen atoms in total. The van der Waals surface area contributed by atoms with Gasteiger partial charge in [-0.15, -0.1) is 0 Å². The van der Waals surface area contributed by atoms with Gasteiger partial charge in [0.2, 0.25) is 0 Å². The fourth-order valence-corrected chi connectivity index (χ4v) is 4.74. The SMILES string of the molecule is COc1cc(CN(C)CN2C(=O)NC3(CCCCCC3)C2=O)ccc1OCc1ccccc1. The van der Waals surface area contributed by atoms with Crippen LogP contribution in [0.25, 0.3) is 0 Å². The summed E-state index contributed by atoms with van der Waals surface area (Å²) in [5.41, 5.74) is 1.40. The fraction of sp³-hybridized carbons (Fsp3) is 0.462. The van der Waals surface area contributed by atoms with Crippen LogP contribution in [0.1, 0.15) is 49.7 Å². The monoisotopic (exact) mass is 451 g/mol. The number of nitrogens with zero attached hydrogens (tertiary/aromatic N) is 2.